The van der Waals surface area contributed by atoms with Crippen LogP contribution in [-0.2, 0) is 38.5 Å². The minimum absolute atomic E-state index is 0.228. The molecule has 0 aliphatic heterocycles. The van der Waals surface area contributed by atoms with E-state index in [0.717, 1.165) is 34.8 Å². The van der Waals surface area contributed by atoms with Crippen molar-refractivity contribution in [1.82, 2.24) is 0 Å². The molecule has 5 heteroatoms. The Morgan fingerprint density at radius 1 is 0.641 bits per heavy atom. The second-order valence-corrected chi connectivity index (χ2v) is 14.7. The summed E-state index contributed by atoms with van der Waals surface area (Å²) in [6.45, 7) is 12.8. The van der Waals surface area contributed by atoms with Crippen molar-refractivity contribution in [3.05, 3.63) is 120 Å². The van der Waals surface area contributed by atoms with Gasteiger partial charge in [0, 0.05) is 0 Å². The molecule has 0 bridgehead atoms. The molecule has 0 fully saturated rings. The largest absolute Gasteiger partial charge is 0.409 e. The van der Waals surface area contributed by atoms with E-state index in [1.165, 1.54) is 0 Å². The molecule has 0 spiro atoms. The molecule has 0 radical (unpaired) electrons. The molecule has 0 saturated heterocycles. The van der Waals surface area contributed by atoms with Crippen LogP contribution in [0.25, 0.3) is 0 Å². The SMILES string of the molecule is C=CC[C@@H](OCc1ccccc1)[C@H](OCc1ccccc1)[C@@H](COCc1ccccc1)O[Si](CC)(CC)CC. The molecule has 4 nitrogen and oxygen atoms in total. The van der Waals surface area contributed by atoms with Crippen LogP contribution in [0.4, 0.5) is 0 Å². The minimum Gasteiger partial charge on any atom is -0.409 e. The molecule has 210 valence electrons. The van der Waals surface area contributed by atoms with Gasteiger partial charge in [-0.05, 0) is 41.2 Å². The Morgan fingerprint density at radius 3 is 1.56 bits per heavy atom. The lowest BCUT2D eigenvalue weighted by Crippen LogP contribution is -2.51. The van der Waals surface area contributed by atoms with Gasteiger partial charge in [-0.25, -0.2) is 0 Å². The van der Waals surface area contributed by atoms with Crippen LogP contribution in [0.5, 0.6) is 0 Å². The lowest BCUT2D eigenvalue weighted by molar-refractivity contribution is -0.142. The summed E-state index contributed by atoms with van der Waals surface area (Å²) in [7, 11) is -1.98. The molecule has 0 amide bonds. The molecule has 3 atom stereocenters. The van der Waals surface area contributed by atoms with Gasteiger partial charge in [0.15, 0.2) is 8.32 Å². The Bertz CT molecular complexity index is 1030. The highest BCUT2D eigenvalue weighted by Gasteiger charge is 2.39. The highest BCUT2D eigenvalue weighted by Crippen LogP contribution is 2.28. The topological polar surface area (TPSA) is 36.9 Å². The molecule has 3 rings (SSSR count). The van der Waals surface area contributed by atoms with Gasteiger partial charge < -0.3 is 18.6 Å². The summed E-state index contributed by atoms with van der Waals surface area (Å²) < 4.78 is 26.7. The van der Waals surface area contributed by atoms with Crippen molar-refractivity contribution in [2.24, 2.45) is 0 Å². The van der Waals surface area contributed by atoms with Gasteiger partial charge in [-0.3, -0.25) is 0 Å². The van der Waals surface area contributed by atoms with Crippen LogP contribution in [-0.4, -0.2) is 33.2 Å². The highest BCUT2D eigenvalue weighted by atomic mass is 28.4. The molecule has 39 heavy (non-hydrogen) atoms. The van der Waals surface area contributed by atoms with Crippen molar-refractivity contribution in [3.8, 4) is 0 Å². The van der Waals surface area contributed by atoms with E-state index in [-0.39, 0.29) is 18.3 Å². The van der Waals surface area contributed by atoms with E-state index in [1.807, 2.05) is 60.7 Å². The Labute approximate surface area is 237 Å². The standard InChI is InChI=1S/C34H46O4Si/c1-5-18-32(36-26-30-21-14-10-15-22-30)34(37-27-31-23-16-11-17-24-31)33(38-39(6-2,7-3)8-4)28-35-25-29-19-12-9-13-20-29/h5,9-17,19-24,32-34H,1,6-8,18,25-28H2,2-4H3/t32-,33-,34+/m1/s1. The first-order valence-electron chi connectivity index (χ1n) is 14.3. The number of benzene rings is 3. The van der Waals surface area contributed by atoms with Gasteiger partial charge in [0.25, 0.3) is 0 Å². The summed E-state index contributed by atoms with van der Waals surface area (Å²) >= 11 is 0. The summed E-state index contributed by atoms with van der Waals surface area (Å²) in [4.78, 5) is 0. The zero-order valence-electron chi connectivity index (χ0n) is 24.0. The summed E-state index contributed by atoms with van der Waals surface area (Å²) in [5.41, 5.74) is 3.40. The molecule has 0 N–H and O–H groups in total. The molecule has 3 aromatic carbocycles. The molecule has 3 aromatic rings. The normalized spacial score (nSPS) is 14.0. The molecule has 0 aliphatic carbocycles. The van der Waals surface area contributed by atoms with Crippen LogP contribution >= 0.6 is 0 Å². The predicted molar refractivity (Wildman–Crippen MR) is 163 cm³/mol. The van der Waals surface area contributed by atoms with Crippen molar-refractivity contribution in [1.29, 1.82) is 0 Å². The van der Waals surface area contributed by atoms with E-state index in [0.29, 0.717) is 32.8 Å². The van der Waals surface area contributed by atoms with E-state index in [1.54, 1.807) is 0 Å². The zero-order chi connectivity index (χ0) is 27.8. The predicted octanol–water partition coefficient (Wildman–Crippen LogP) is 8.34. The number of rotatable bonds is 19. The maximum Gasteiger partial charge on any atom is 0.192 e. The average Bonchev–Trinajstić information content (AvgIpc) is 3.00. The summed E-state index contributed by atoms with van der Waals surface area (Å²) in [6.07, 6.45) is 1.77. The van der Waals surface area contributed by atoms with Gasteiger partial charge in [-0.2, -0.15) is 0 Å². The van der Waals surface area contributed by atoms with Gasteiger partial charge in [0.1, 0.15) is 6.10 Å². The van der Waals surface area contributed by atoms with Crippen LogP contribution in [0.3, 0.4) is 0 Å². The summed E-state index contributed by atoms with van der Waals surface area (Å²) in [5, 5.41) is 0. The van der Waals surface area contributed by atoms with Crippen molar-refractivity contribution >= 4 is 8.32 Å². The van der Waals surface area contributed by atoms with Crippen molar-refractivity contribution < 1.29 is 18.6 Å². The third-order valence-corrected chi connectivity index (χ3v) is 12.1. The smallest absolute Gasteiger partial charge is 0.192 e. The maximum absolute atomic E-state index is 7.13. The fourth-order valence-corrected chi connectivity index (χ4v) is 7.69. The Hall–Kier alpha value is -2.54. The second-order valence-electron chi connectivity index (χ2n) is 10.0. The maximum atomic E-state index is 7.13. The van der Waals surface area contributed by atoms with Crippen LogP contribution in [0.1, 0.15) is 43.9 Å². The van der Waals surface area contributed by atoms with E-state index in [9.17, 15) is 0 Å². The number of ether oxygens (including phenoxy) is 3. The third kappa shape index (κ3) is 10.2. The van der Waals surface area contributed by atoms with E-state index >= 15 is 0 Å². The number of hydrogen-bond donors (Lipinski definition) is 0. The molecule has 0 saturated carbocycles. The van der Waals surface area contributed by atoms with Gasteiger partial charge in [-0.1, -0.05) is 118 Å². The van der Waals surface area contributed by atoms with Gasteiger partial charge >= 0.3 is 0 Å². The molecule has 0 unspecified atom stereocenters. The quantitative estimate of drug-likeness (QED) is 0.112. The lowest BCUT2D eigenvalue weighted by atomic mass is 10.0. The molecule has 0 aromatic heterocycles. The minimum atomic E-state index is -1.98. The van der Waals surface area contributed by atoms with E-state index in [2.05, 4.69) is 63.7 Å². The first-order chi connectivity index (χ1) is 19.1. The Kier molecular flexibility index (Phi) is 13.7. The monoisotopic (exact) mass is 546 g/mol. The lowest BCUT2D eigenvalue weighted by Gasteiger charge is -2.39. The van der Waals surface area contributed by atoms with E-state index < -0.39 is 8.32 Å². The fraction of sp³-hybridized carbons (Fsp3) is 0.412. The second kappa shape index (κ2) is 17.2. The highest BCUT2D eigenvalue weighted by molar-refractivity contribution is 6.73. The van der Waals surface area contributed by atoms with Crippen LogP contribution < -0.4 is 0 Å². The summed E-state index contributed by atoms with van der Waals surface area (Å²) in [5.74, 6) is 0. The molecule has 0 heterocycles. The Balaban J connectivity index is 1.88. The van der Waals surface area contributed by atoms with Crippen molar-refractivity contribution in [2.75, 3.05) is 6.61 Å². The Morgan fingerprint density at radius 2 is 1.10 bits per heavy atom. The molecular formula is C34H46O4Si. The third-order valence-electron chi connectivity index (χ3n) is 7.45. The van der Waals surface area contributed by atoms with E-state index in [4.69, 9.17) is 18.6 Å². The van der Waals surface area contributed by atoms with Crippen LogP contribution in [0.15, 0.2) is 104 Å². The zero-order valence-corrected chi connectivity index (χ0v) is 25.0. The van der Waals surface area contributed by atoms with Crippen LogP contribution in [0.2, 0.25) is 18.1 Å². The fourth-order valence-electron chi connectivity index (χ4n) is 4.84. The molecule has 0 aliphatic rings. The average molecular weight is 547 g/mol. The first-order valence-corrected chi connectivity index (χ1v) is 16.9. The summed E-state index contributed by atoms with van der Waals surface area (Å²) in [6, 6.07) is 34.0. The first kappa shape index (κ1) is 31.0. The van der Waals surface area contributed by atoms with Crippen LogP contribution in [0, 0.1) is 0 Å². The van der Waals surface area contributed by atoms with Gasteiger partial charge in [-0.15, -0.1) is 6.58 Å². The van der Waals surface area contributed by atoms with Crippen molar-refractivity contribution in [2.45, 2.75) is 83.5 Å². The number of hydrogen-bond acceptors (Lipinski definition) is 4. The van der Waals surface area contributed by atoms with Crippen molar-refractivity contribution in [3.63, 3.8) is 0 Å². The van der Waals surface area contributed by atoms with Gasteiger partial charge in [0.05, 0.1) is 38.6 Å². The van der Waals surface area contributed by atoms with Gasteiger partial charge in [0.2, 0.25) is 0 Å². The molecular weight excluding hydrogens is 500 g/mol.